The molecule has 20 heavy (non-hydrogen) atoms. The molecule has 4 nitrogen and oxygen atoms in total. The molecule has 0 saturated carbocycles. The maximum atomic E-state index is 13.5. The highest BCUT2D eigenvalue weighted by Gasteiger charge is 2.12. The van der Waals surface area contributed by atoms with Gasteiger partial charge in [-0.25, -0.2) is 4.39 Å². The summed E-state index contributed by atoms with van der Waals surface area (Å²) in [6.45, 7) is 4.16. The third-order valence-corrected chi connectivity index (χ3v) is 2.94. The zero-order chi connectivity index (χ0) is 15.0. The largest absolute Gasteiger partial charge is 0.486 e. The lowest BCUT2D eigenvalue weighted by atomic mass is 10.2. The lowest BCUT2D eigenvalue weighted by Gasteiger charge is -2.18. The van der Waals surface area contributed by atoms with Crippen LogP contribution in [0.5, 0.6) is 5.75 Å². The van der Waals surface area contributed by atoms with E-state index in [0.29, 0.717) is 25.8 Å². The van der Waals surface area contributed by atoms with E-state index in [-0.39, 0.29) is 23.8 Å². The molecular formula is C15H23FN2O2. The van der Waals surface area contributed by atoms with Crippen LogP contribution < -0.4 is 15.8 Å². The third kappa shape index (κ3) is 6.02. The fourth-order valence-electron chi connectivity index (χ4n) is 1.66. The van der Waals surface area contributed by atoms with Crippen molar-refractivity contribution in [1.82, 2.24) is 5.32 Å². The van der Waals surface area contributed by atoms with E-state index in [0.717, 1.165) is 0 Å². The molecule has 0 aliphatic heterocycles. The van der Waals surface area contributed by atoms with Crippen molar-refractivity contribution >= 4 is 5.91 Å². The highest BCUT2D eigenvalue weighted by molar-refractivity contribution is 5.75. The maximum absolute atomic E-state index is 13.5. The molecule has 0 aliphatic rings. The van der Waals surface area contributed by atoms with Crippen molar-refractivity contribution in [2.24, 2.45) is 5.73 Å². The number of para-hydroxylation sites is 1. The van der Waals surface area contributed by atoms with Crippen molar-refractivity contribution in [3.63, 3.8) is 0 Å². The Balaban J connectivity index is 2.40. The van der Waals surface area contributed by atoms with Crippen molar-refractivity contribution in [2.45, 2.75) is 45.3 Å². The average Bonchev–Trinajstić information content (AvgIpc) is 2.43. The van der Waals surface area contributed by atoms with Crippen LogP contribution in [0, 0.1) is 5.82 Å². The first-order valence-electron chi connectivity index (χ1n) is 6.96. The molecule has 3 N–H and O–H groups in total. The number of carbonyl (C=O) groups is 1. The predicted molar refractivity (Wildman–Crippen MR) is 77.0 cm³/mol. The molecule has 1 aromatic rings. The van der Waals surface area contributed by atoms with E-state index >= 15 is 0 Å². The summed E-state index contributed by atoms with van der Waals surface area (Å²) < 4.78 is 19.0. The second-order valence-electron chi connectivity index (χ2n) is 4.90. The molecule has 1 rings (SSSR count). The zero-order valence-electron chi connectivity index (χ0n) is 12.1. The van der Waals surface area contributed by atoms with Crippen LogP contribution in [0.25, 0.3) is 0 Å². The number of ether oxygens (including phenoxy) is 1. The Hall–Kier alpha value is -1.62. The summed E-state index contributed by atoms with van der Waals surface area (Å²) >= 11 is 0. The highest BCUT2D eigenvalue weighted by atomic mass is 19.1. The number of rotatable bonds is 8. The van der Waals surface area contributed by atoms with Gasteiger partial charge in [0.25, 0.3) is 0 Å². The monoisotopic (exact) mass is 282 g/mol. The van der Waals surface area contributed by atoms with Gasteiger partial charge in [0.15, 0.2) is 11.6 Å². The van der Waals surface area contributed by atoms with E-state index in [4.69, 9.17) is 10.5 Å². The molecule has 0 spiro atoms. The van der Waals surface area contributed by atoms with Crippen LogP contribution in [-0.2, 0) is 4.79 Å². The number of hydrogen-bond acceptors (Lipinski definition) is 3. The number of nitrogens with one attached hydrogen (secondary N) is 1. The number of halogens is 1. The molecule has 0 radical (unpaired) electrons. The molecule has 5 heteroatoms. The molecule has 2 atom stereocenters. The Morgan fingerprint density at radius 1 is 1.45 bits per heavy atom. The highest BCUT2D eigenvalue weighted by Crippen LogP contribution is 2.17. The molecule has 0 fully saturated rings. The topological polar surface area (TPSA) is 64.4 Å². The third-order valence-electron chi connectivity index (χ3n) is 2.94. The molecule has 0 saturated heterocycles. The number of benzene rings is 1. The Morgan fingerprint density at radius 3 is 2.75 bits per heavy atom. The Bertz CT molecular complexity index is 424. The predicted octanol–water partition coefficient (Wildman–Crippen LogP) is 2.23. The fraction of sp³-hybridized carbons (Fsp3) is 0.533. The number of nitrogens with two attached hydrogens (primary N) is 1. The minimum absolute atomic E-state index is 0.0115. The average molecular weight is 282 g/mol. The van der Waals surface area contributed by atoms with Crippen LogP contribution in [0.3, 0.4) is 0 Å². The van der Waals surface area contributed by atoms with Crippen LogP contribution in [0.2, 0.25) is 0 Å². The van der Waals surface area contributed by atoms with Crippen molar-refractivity contribution < 1.29 is 13.9 Å². The number of hydrogen-bond donors (Lipinski definition) is 2. The first kappa shape index (κ1) is 16.4. The lowest BCUT2D eigenvalue weighted by Crippen LogP contribution is -2.35. The minimum atomic E-state index is -0.394. The first-order valence-corrected chi connectivity index (χ1v) is 6.96. The van der Waals surface area contributed by atoms with E-state index in [9.17, 15) is 9.18 Å². The summed E-state index contributed by atoms with van der Waals surface area (Å²) in [5, 5.41) is 2.79. The summed E-state index contributed by atoms with van der Waals surface area (Å²) in [6, 6.07) is 6.27. The molecule has 112 valence electrons. The summed E-state index contributed by atoms with van der Waals surface area (Å²) in [6.07, 6.45) is 1.48. The van der Waals surface area contributed by atoms with Gasteiger partial charge < -0.3 is 15.8 Å². The van der Waals surface area contributed by atoms with Crippen LogP contribution >= 0.6 is 0 Å². The van der Waals surface area contributed by atoms with Crippen molar-refractivity contribution in [3.8, 4) is 5.75 Å². The van der Waals surface area contributed by atoms with E-state index in [2.05, 4.69) is 5.32 Å². The van der Waals surface area contributed by atoms with Gasteiger partial charge in [0.05, 0.1) is 6.54 Å². The maximum Gasteiger partial charge on any atom is 0.220 e. The van der Waals surface area contributed by atoms with Gasteiger partial charge in [-0.1, -0.05) is 19.1 Å². The molecule has 0 aliphatic carbocycles. The van der Waals surface area contributed by atoms with Gasteiger partial charge in [-0.3, -0.25) is 4.79 Å². The van der Waals surface area contributed by atoms with Gasteiger partial charge in [0.1, 0.15) is 6.10 Å². The van der Waals surface area contributed by atoms with E-state index in [1.807, 2.05) is 13.8 Å². The van der Waals surface area contributed by atoms with Crippen molar-refractivity contribution in [2.75, 3.05) is 6.54 Å². The zero-order valence-corrected chi connectivity index (χ0v) is 12.1. The fourth-order valence-corrected chi connectivity index (χ4v) is 1.66. The Kier molecular flexibility index (Phi) is 7.01. The molecular weight excluding hydrogens is 259 g/mol. The van der Waals surface area contributed by atoms with E-state index in [1.165, 1.54) is 6.07 Å². The van der Waals surface area contributed by atoms with Crippen LogP contribution in [0.4, 0.5) is 4.39 Å². The molecule has 0 aromatic heterocycles. The van der Waals surface area contributed by atoms with Crippen LogP contribution in [0.1, 0.15) is 33.1 Å². The normalized spacial score (nSPS) is 13.6. The molecule has 0 heterocycles. The van der Waals surface area contributed by atoms with Crippen LogP contribution in [0.15, 0.2) is 24.3 Å². The second-order valence-corrected chi connectivity index (χ2v) is 4.90. The van der Waals surface area contributed by atoms with Gasteiger partial charge in [-0.2, -0.15) is 0 Å². The van der Waals surface area contributed by atoms with E-state index in [1.54, 1.807) is 18.2 Å². The molecule has 1 aromatic carbocycles. The van der Waals surface area contributed by atoms with Gasteiger partial charge in [0.2, 0.25) is 5.91 Å². The SMILES string of the molecule is CCC(CNC(=O)CCC(C)N)Oc1ccccc1F. The minimum Gasteiger partial charge on any atom is -0.486 e. The Morgan fingerprint density at radius 2 is 2.15 bits per heavy atom. The van der Waals surface area contributed by atoms with Gasteiger partial charge in [-0.05, 0) is 31.9 Å². The first-order chi connectivity index (χ1) is 9.52. The standard InChI is InChI=1S/C15H23FN2O2/c1-3-12(10-18-15(19)9-8-11(2)17)20-14-7-5-4-6-13(14)16/h4-7,11-12H,3,8-10,17H2,1-2H3,(H,18,19). The molecule has 2 unspecified atom stereocenters. The Labute approximate surface area is 119 Å². The van der Waals surface area contributed by atoms with Crippen LogP contribution in [-0.4, -0.2) is 24.6 Å². The van der Waals surface area contributed by atoms with Gasteiger partial charge in [-0.15, -0.1) is 0 Å². The summed E-state index contributed by atoms with van der Waals surface area (Å²) in [5.41, 5.74) is 5.60. The summed E-state index contributed by atoms with van der Waals surface area (Å²) in [7, 11) is 0. The van der Waals surface area contributed by atoms with Gasteiger partial charge >= 0.3 is 0 Å². The second kappa shape index (κ2) is 8.53. The number of carbonyl (C=O) groups excluding carboxylic acids is 1. The molecule has 0 bridgehead atoms. The number of amides is 1. The summed E-state index contributed by atoms with van der Waals surface area (Å²) in [4.78, 5) is 11.6. The molecule has 1 amide bonds. The smallest absolute Gasteiger partial charge is 0.220 e. The van der Waals surface area contributed by atoms with E-state index < -0.39 is 5.82 Å². The summed E-state index contributed by atoms with van der Waals surface area (Å²) in [5.74, 6) is -0.240. The van der Waals surface area contributed by atoms with Crippen molar-refractivity contribution in [3.05, 3.63) is 30.1 Å². The lowest BCUT2D eigenvalue weighted by molar-refractivity contribution is -0.121. The quantitative estimate of drug-likeness (QED) is 0.768. The van der Waals surface area contributed by atoms with Crippen molar-refractivity contribution in [1.29, 1.82) is 0 Å². The van der Waals surface area contributed by atoms with Gasteiger partial charge in [0, 0.05) is 12.5 Å².